The molecule has 180 valence electrons. The van der Waals surface area contributed by atoms with Gasteiger partial charge in [-0.05, 0) is 19.1 Å². The van der Waals surface area contributed by atoms with Crippen LogP contribution in [0.25, 0.3) is 11.5 Å². The van der Waals surface area contributed by atoms with Gasteiger partial charge < -0.3 is 5.32 Å². The number of anilines is 1. The van der Waals surface area contributed by atoms with Crippen molar-refractivity contribution < 1.29 is 31.1 Å². The molecule has 0 bridgehead atoms. The first-order chi connectivity index (χ1) is 16.5. The van der Waals surface area contributed by atoms with E-state index in [1.54, 1.807) is 6.07 Å². The highest BCUT2D eigenvalue weighted by Crippen LogP contribution is 2.36. The molecule has 15 heteroatoms. The quantitative estimate of drug-likeness (QED) is 0.399. The van der Waals surface area contributed by atoms with Crippen LogP contribution < -0.4 is 5.32 Å². The molecule has 3 heterocycles. The fraction of sp³-hybridized carbons (Fsp3) is 0.100. The van der Waals surface area contributed by atoms with E-state index in [9.17, 15) is 36.4 Å². The third kappa shape index (κ3) is 4.95. The second kappa shape index (κ2) is 9.63. The van der Waals surface area contributed by atoms with Crippen LogP contribution in [0.15, 0.2) is 61.0 Å². The first kappa shape index (κ1) is 24.9. The van der Waals surface area contributed by atoms with E-state index in [-0.39, 0.29) is 21.8 Å². The molecule has 0 saturated heterocycles. The summed E-state index contributed by atoms with van der Waals surface area (Å²) in [4.78, 5) is 17.5. The number of amides is 1. The Morgan fingerprint density at radius 1 is 1.14 bits per heavy atom. The highest BCUT2D eigenvalue weighted by molar-refractivity contribution is 6.05. The summed E-state index contributed by atoms with van der Waals surface area (Å²) in [6.07, 6.45) is -0.619. The third-order valence-corrected chi connectivity index (χ3v) is 4.30. The van der Waals surface area contributed by atoms with Crippen LogP contribution in [0.2, 0.25) is 0 Å². The molecule has 0 fully saturated rings. The monoisotopic (exact) mass is 494 g/mol. The van der Waals surface area contributed by atoms with Crippen molar-refractivity contribution in [2.45, 2.75) is 13.1 Å². The number of hydrogen-bond donors (Lipinski definition) is 1. The lowest BCUT2D eigenvalue weighted by Crippen LogP contribution is -2.21. The van der Waals surface area contributed by atoms with Gasteiger partial charge in [0.15, 0.2) is 29.0 Å². The van der Waals surface area contributed by atoms with E-state index in [1.807, 2.05) is 0 Å². The molecule has 1 N–H and O–H groups in total. The number of nitriles is 1. The molecular weight excluding hydrogens is 482 g/mol. The Morgan fingerprint density at radius 2 is 1.80 bits per heavy atom. The van der Waals surface area contributed by atoms with Gasteiger partial charge in [0.05, 0.1) is 41.7 Å². The van der Waals surface area contributed by atoms with Crippen molar-refractivity contribution in [1.82, 2.24) is 29.8 Å². The zero-order chi connectivity index (χ0) is 25.9. The second-order valence-corrected chi connectivity index (χ2v) is 6.51. The molecule has 35 heavy (non-hydrogen) atoms. The average molecular weight is 494 g/mol. The molecule has 0 aliphatic rings. The Labute approximate surface area is 192 Å². The molecule has 0 radical (unpaired) electrons. The Hall–Kier alpha value is -4.74. The summed E-state index contributed by atoms with van der Waals surface area (Å²) in [6, 6.07) is 2.90. The third-order valence-electron chi connectivity index (χ3n) is 4.30. The van der Waals surface area contributed by atoms with Gasteiger partial charge in [-0.15, -0.1) is 4.80 Å². The van der Waals surface area contributed by atoms with Crippen molar-refractivity contribution in [3.05, 3.63) is 77.8 Å². The Kier molecular flexibility index (Phi) is 6.85. The molecular formula is C20H12F6N8O. The van der Waals surface area contributed by atoms with Crippen LogP contribution in [0.4, 0.5) is 32.0 Å². The number of nitrogens with zero attached hydrogens (tertiary/aromatic N) is 7. The second-order valence-electron chi connectivity index (χ2n) is 6.51. The fourth-order valence-electron chi connectivity index (χ4n) is 2.73. The number of carbonyl (C=O) groups is 1. The van der Waals surface area contributed by atoms with Gasteiger partial charge in [-0.3, -0.25) is 4.79 Å². The molecule has 1 amide bonds. The minimum absolute atomic E-state index is 0.00625. The van der Waals surface area contributed by atoms with Crippen molar-refractivity contribution in [1.29, 1.82) is 5.26 Å². The molecule has 0 aliphatic carbocycles. The fourth-order valence-corrected chi connectivity index (χ4v) is 2.73. The summed E-state index contributed by atoms with van der Waals surface area (Å²) >= 11 is 0. The SMILES string of the molecule is C=C(/C(F)=C(F)\C(F)=C/C)n1ncc(C(=O)Nc2cnc(-n3nccn3)c(C#N)c2)c1C(F)(F)F. The maximum Gasteiger partial charge on any atom is 0.434 e. The summed E-state index contributed by atoms with van der Waals surface area (Å²) in [6.45, 7) is 4.03. The normalized spacial score (nSPS) is 12.7. The Balaban J connectivity index is 1.99. The van der Waals surface area contributed by atoms with Crippen LogP contribution in [0.3, 0.4) is 0 Å². The highest BCUT2D eigenvalue weighted by atomic mass is 19.4. The zero-order valence-electron chi connectivity index (χ0n) is 17.5. The van der Waals surface area contributed by atoms with Crippen molar-refractivity contribution in [3.63, 3.8) is 0 Å². The van der Waals surface area contributed by atoms with Crippen LogP contribution in [0.1, 0.15) is 28.5 Å². The van der Waals surface area contributed by atoms with E-state index in [1.165, 1.54) is 12.4 Å². The van der Waals surface area contributed by atoms with Crippen molar-refractivity contribution in [2.75, 3.05) is 5.32 Å². The van der Waals surface area contributed by atoms with Gasteiger partial charge in [0, 0.05) is 0 Å². The topological polar surface area (TPSA) is 114 Å². The minimum atomic E-state index is -5.28. The minimum Gasteiger partial charge on any atom is -0.320 e. The number of pyridine rings is 1. The van der Waals surface area contributed by atoms with Crippen molar-refractivity contribution >= 4 is 17.3 Å². The number of halogens is 6. The maximum absolute atomic E-state index is 14.2. The van der Waals surface area contributed by atoms with Gasteiger partial charge in [-0.1, -0.05) is 6.58 Å². The highest BCUT2D eigenvalue weighted by Gasteiger charge is 2.41. The maximum atomic E-state index is 14.2. The molecule has 0 aromatic carbocycles. The van der Waals surface area contributed by atoms with Gasteiger partial charge in [0.2, 0.25) is 0 Å². The summed E-state index contributed by atoms with van der Waals surface area (Å²) in [5.74, 6) is -7.18. The summed E-state index contributed by atoms with van der Waals surface area (Å²) < 4.78 is 82.4. The van der Waals surface area contributed by atoms with Gasteiger partial charge in [0.1, 0.15) is 11.6 Å². The summed E-state index contributed by atoms with van der Waals surface area (Å²) in [5, 5.41) is 22.3. The van der Waals surface area contributed by atoms with Crippen LogP contribution in [-0.2, 0) is 6.18 Å². The van der Waals surface area contributed by atoms with Gasteiger partial charge >= 0.3 is 6.18 Å². The lowest BCUT2D eigenvalue weighted by molar-refractivity contribution is -0.143. The zero-order valence-corrected chi connectivity index (χ0v) is 17.5. The Bertz CT molecular complexity index is 1400. The number of aromatic nitrogens is 6. The van der Waals surface area contributed by atoms with Crippen LogP contribution in [-0.4, -0.2) is 35.7 Å². The molecule has 0 atom stereocenters. The number of carbonyl (C=O) groups excluding carboxylic acids is 1. The average Bonchev–Trinajstić information content (AvgIpc) is 3.52. The predicted molar refractivity (Wildman–Crippen MR) is 108 cm³/mol. The molecule has 3 rings (SSSR count). The Morgan fingerprint density at radius 3 is 2.37 bits per heavy atom. The number of nitrogens with one attached hydrogen (secondary N) is 1. The van der Waals surface area contributed by atoms with Gasteiger partial charge in [-0.25, -0.2) is 22.8 Å². The predicted octanol–water partition coefficient (Wildman–Crippen LogP) is 4.50. The van der Waals surface area contributed by atoms with E-state index >= 15 is 0 Å². The molecule has 3 aromatic heterocycles. The van der Waals surface area contributed by atoms with Crippen LogP contribution in [0.5, 0.6) is 0 Å². The summed E-state index contributed by atoms with van der Waals surface area (Å²) in [7, 11) is 0. The molecule has 0 spiro atoms. The lowest BCUT2D eigenvalue weighted by Gasteiger charge is -2.14. The van der Waals surface area contributed by atoms with Crippen LogP contribution >= 0.6 is 0 Å². The first-order valence-corrected chi connectivity index (χ1v) is 9.30. The number of alkyl halides is 3. The smallest absolute Gasteiger partial charge is 0.320 e. The molecule has 0 saturated carbocycles. The number of hydrogen-bond acceptors (Lipinski definition) is 6. The molecule has 9 nitrogen and oxygen atoms in total. The first-order valence-electron chi connectivity index (χ1n) is 9.30. The van der Waals surface area contributed by atoms with Gasteiger partial charge in [0.25, 0.3) is 5.91 Å². The van der Waals surface area contributed by atoms with Crippen molar-refractivity contribution in [2.24, 2.45) is 0 Å². The van der Waals surface area contributed by atoms with Crippen molar-refractivity contribution in [3.8, 4) is 11.9 Å². The molecule has 0 unspecified atom stereocenters. The van der Waals surface area contributed by atoms with E-state index < -0.39 is 46.5 Å². The summed E-state index contributed by atoms with van der Waals surface area (Å²) in [5.41, 5.74) is -4.47. The number of allylic oxidation sites excluding steroid dienone is 5. The number of rotatable bonds is 6. The standard InChI is InChI=1S/C20H12F6N8O/c1-3-14(21)16(23)15(22)10(2)33-17(20(24,25)26)13(9-31-33)19(35)32-12-6-11(7-27)18(28-8-12)34-29-4-5-30-34/h3-6,8-9H,2H2,1H3,(H,32,35)/b14-3+,16-15-. The largest absolute Gasteiger partial charge is 0.434 e. The van der Waals surface area contributed by atoms with E-state index in [0.717, 1.165) is 24.0 Å². The van der Waals surface area contributed by atoms with Crippen LogP contribution in [0, 0.1) is 11.3 Å². The molecule has 3 aromatic rings. The van der Waals surface area contributed by atoms with Gasteiger partial charge in [-0.2, -0.15) is 33.7 Å². The van der Waals surface area contributed by atoms with E-state index in [0.29, 0.717) is 12.3 Å². The molecule has 0 aliphatic heterocycles. The van der Waals surface area contributed by atoms with E-state index in [2.05, 4.69) is 32.2 Å². The van der Waals surface area contributed by atoms with E-state index in [4.69, 9.17) is 0 Å². The lowest BCUT2D eigenvalue weighted by atomic mass is 10.2.